The Balaban J connectivity index is 2.39. The predicted molar refractivity (Wildman–Crippen MR) is 74.9 cm³/mol. The Labute approximate surface area is 120 Å². The van der Waals surface area contributed by atoms with Crippen LogP contribution in [0.15, 0.2) is 42.7 Å². The Bertz CT molecular complexity index is 570. The molecule has 2 rings (SSSR count). The number of benzene rings is 1. The molecule has 2 aromatic rings. The van der Waals surface area contributed by atoms with Crippen LogP contribution in [0.4, 0.5) is 10.5 Å². The van der Waals surface area contributed by atoms with Gasteiger partial charge in [-0.05, 0) is 29.8 Å². The van der Waals surface area contributed by atoms with Crippen molar-refractivity contribution in [1.82, 2.24) is 4.98 Å². The number of aromatic nitrogens is 1. The molecule has 1 aromatic carbocycles. The van der Waals surface area contributed by atoms with Gasteiger partial charge in [0.15, 0.2) is 0 Å². The Morgan fingerprint density at radius 2 is 1.74 bits per heavy atom. The average Bonchev–Trinajstić information content (AvgIpc) is 2.38. The van der Waals surface area contributed by atoms with Crippen molar-refractivity contribution in [1.29, 1.82) is 0 Å². The van der Waals surface area contributed by atoms with Crippen LogP contribution < -0.4 is 4.90 Å². The number of pyridine rings is 1. The Kier molecular flexibility index (Phi) is 4.24. The molecule has 0 radical (unpaired) electrons. The van der Waals surface area contributed by atoms with E-state index in [1.807, 2.05) is 0 Å². The maximum atomic E-state index is 11.4. The minimum Gasteiger partial charge on any atom is -0.465 e. The van der Waals surface area contributed by atoms with Gasteiger partial charge in [0, 0.05) is 12.4 Å². The van der Waals surface area contributed by atoms with Gasteiger partial charge in [0.1, 0.15) is 0 Å². The molecule has 4 nitrogen and oxygen atoms in total. The van der Waals surface area contributed by atoms with Gasteiger partial charge in [-0.2, -0.15) is 0 Å². The number of hydrogen-bond donors (Lipinski definition) is 1. The highest BCUT2D eigenvalue weighted by atomic mass is 35.5. The van der Waals surface area contributed by atoms with Gasteiger partial charge >= 0.3 is 6.09 Å². The summed E-state index contributed by atoms with van der Waals surface area (Å²) in [5.74, 6) is 0. The third-order valence-electron chi connectivity index (χ3n) is 2.53. The van der Waals surface area contributed by atoms with E-state index >= 15 is 0 Å². The molecule has 0 bridgehead atoms. The first-order chi connectivity index (χ1) is 9.09. The highest BCUT2D eigenvalue weighted by Gasteiger charge is 2.20. The lowest BCUT2D eigenvalue weighted by Gasteiger charge is -2.21. The van der Waals surface area contributed by atoms with Crippen LogP contribution in [0.5, 0.6) is 0 Å². The number of nitrogens with zero attached hydrogens (tertiary/aromatic N) is 2. The fourth-order valence-electron chi connectivity index (χ4n) is 1.66. The minimum absolute atomic E-state index is 0.154. The van der Waals surface area contributed by atoms with Crippen molar-refractivity contribution in [2.24, 2.45) is 0 Å². The molecule has 0 aliphatic heterocycles. The third kappa shape index (κ3) is 3.16. The zero-order valence-electron chi connectivity index (χ0n) is 9.75. The molecule has 1 N–H and O–H groups in total. The summed E-state index contributed by atoms with van der Waals surface area (Å²) < 4.78 is 0. The number of amides is 1. The van der Waals surface area contributed by atoms with Crippen molar-refractivity contribution in [3.63, 3.8) is 0 Å². The number of carboxylic acid groups (broad SMARTS) is 1. The quantitative estimate of drug-likeness (QED) is 0.929. The summed E-state index contributed by atoms with van der Waals surface area (Å²) in [6.07, 6.45) is 2.08. The van der Waals surface area contributed by atoms with E-state index in [1.54, 1.807) is 42.7 Å². The molecule has 98 valence electrons. The molecule has 0 saturated heterocycles. The molecule has 0 fully saturated rings. The SMILES string of the molecule is O=C(O)N(Cc1ccncc1)c1c(Cl)cccc1Cl. The smallest absolute Gasteiger partial charge is 0.412 e. The number of para-hydroxylation sites is 1. The molecule has 0 spiro atoms. The first-order valence-electron chi connectivity index (χ1n) is 5.43. The van der Waals surface area contributed by atoms with Crippen molar-refractivity contribution in [3.8, 4) is 0 Å². The standard InChI is InChI=1S/C13H10Cl2N2O2/c14-10-2-1-3-11(15)12(10)17(13(18)19)8-9-4-6-16-7-5-9/h1-7H,8H2,(H,18,19). The van der Waals surface area contributed by atoms with Crippen LogP contribution in [0.25, 0.3) is 0 Å². The molecular formula is C13H10Cl2N2O2. The van der Waals surface area contributed by atoms with Gasteiger partial charge in [-0.25, -0.2) is 4.79 Å². The van der Waals surface area contributed by atoms with Crippen LogP contribution >= 0.6 is 23.2 Å². The van der Waals surface area contributed by atoms with Gasteiger partial charge in [-0.15, -0.1) is 0 Å². The van der Waals surface area contributed by atoms with E-state index in [1.165, 1.54) is 0 Å². The summed E-state index contributed by atoms with van der Waals surface area (Å²) in [6.45, 7) is 0.154. The lowest BCUT2D eigenvalue weighted by atomic mass is 10.2. The van der Waals surface area contributed by atoms with Crippen LogP contribution in [0, 0.1) is 0 Å². The lowest BCUT2D eigenvalue weighted by Crippen LogP contribution is -2.29. The van der Waals surface area contributed by atoms with Crippen molar-refractivity contribution in [3.05, 3.63) is 58.3 Å². The summed E-state index contributed by atoms with van der Waals surface area (Å²) in [5, 5.41) is 9.92. The van der Waals surface area contributed by atoms with Crippen LogP contribution in [-0.4, -0.2) is 16.2 Å². The monoisotopic (exact) mass is 296 g/mol. The van der Waals surface area contributed by atoms with Gasteiger partial charge < -0.3 is 5.11 Å². The molecule has 0 aliphatic rings. The van der Waals surface area contributed by atoms with Crippen LogP contribution in [0.2, 0.25) is 10.0 Å². The van der Waals surface area contributed by atoms with Gasteiger partial charge in [-0.3, -0.25) is 9.88 Å². The largest absolute Gasteiger partial charge is 0.465 e. The number of halogens is 2. The molecule has 19 heavy (non-hydrogen) atoms. The summed E-state index contributed by atoms with van der Waals surface area (Å²) >= 11 is 12.1. The number of rotatable bonds is 3. The summed E-state index contributed by atoms with van der Waals surface area (Å²) in [4.78, 5) is 16.4. The normalized spacial score (nSPS) is 10.2. The second-order valence-corrected chi connectivity index (χ2v) is 4.61. The molecule has 0 saturated carbocycles. The van der Waals surface area contributed by atoms with Gasteiger partial charge in [-0.1, -0.05) is 29.3 Å². The first kappa shape index (κ1) is 13.6. The second kappa shape index (κ2) is 5.91. The maximum Gasteiger partial charge on any atom is 0.412 e. The van der Waals surface area contributed by atoms with Crippen LogP contribution in [0.3, 0.4) is 0 Å². The Morgan fingerprint density at radius 3 is 2.26 bits per heavy atom. The van der Waals surface area contributed by atoms with Crippen molar-refractivity contribution in [2.75, 3.05) is 4.90 Å². The molecule has 1 aromatic heterocycles. The second-order valence-electron chi connectivity index (χ2n) is 3.79. The van der Waals surface area contributed by atoms with Gasteiger partial charge in [0.2, 0.25) is 0 Å². The van der Waals surface area contributed by atoms with Gasteiger partial charge in [0.25, 0.3) is 0 Å². The summed E-state index contributed by atoms with van der Waals surface area (Å²) in [6, 6.07) is 8.35. The van der Waals surface area contributed by atoms with E-state index < -0.39 is 6.09 Å². The Hall–Kier alpha value is -1.78. The zero-order chi connectivity index (χ0) is 13.8. The summed E-state index contributed by atoms with van der Waals surface area (Å²) in [7, 11) is 0. The summed E-state index contributed by atoms with van der Waals surface area (Å²) in [5.41, 5.74) is 1.09. The van der Waals surface area contributed by atoms with E-state index in [2.05, 4.69) is 4.98 Å². The minimum atomic E-state index is -1.12. The highest BCUT2D eigenvalue weighted by Crippen LogP contribution is 2.34. The predicted octanol–water partition coefficient (Wildman–Crippen LogP) is 4.07. The molecule has 0 atom stereocenters. The van der Waals surface area contributed by atoms with Crippen LogP contribution in [-0.2, 0) is 6.54 Å². The molecular weight excluding hydrogens is 287 g/mol. The lowest BCUT2D eigenvalue weighted by molar-refractivity contribution is 0.201. The van der Waals surface area contributed by atoms with Crippen molar-refractivity contribution in [2.45, 2.75) is 6.54 Å². The van der Waals surface area contributed by atoms with Crippen molar-refractivity contribution >= 4 is 35.0 Å². The fourth-order valence-corrected chi connectivity index (χ4v) is 2.26. The topological polar surface area (TPSA) is 53.4 Å². The van der Waals surface area contributed by atoms with E-state index in [0.717, 1.165) is 10.5 Å². The first-order valence-corrected chi connectivity index (χ1v) is 6.18. The van der Waals surface area contributed by atoms with Crippen molar-refractivity contribution < 1.29 is 9.90 Å². The average molecular weight is 297 g/mol. The molecule has 0 aliphatic carbocycles. The Morgan fingerprint density at radius 1 is 1.16 bits per heavy atom. The molecule has 0 unspecified atom stereocenters. The number of anilines is 1. The van der Waals surface area contributed by atoms with E-state index in [4.69, 9.17) is 23.2 Å². The third-order valence-corrected chi connectivity index (χ3v) is 3.14. The van der Waals surface area contributed by atoms with E-state index in [9.17, 15) is 9.90 Å². The van der Waals surface area contributed by atoms with Crippen LogP contribution in [0.1, 0.15) is 5.56 Å². The zero-order valence-corrected chi connectivity index (χ0v) is 11.3. The maximum absolute atomic E-state index is 11.4. The fraction of sp³-hybridized carbons (Fsp3) is 0.0769. The molecule has 1 heterocycles. The molecule has 1 amide bonds. The van der Waals surface area contributed by atoms with Gasteiger partial charge in [0.05, 0.1) is 22.3 Å². The van der Waals surface area contributed by atoms with E-state index in [0.29, 0.717) is 10.0 Å². The number of carbonyl (C=O) groups is 1. The molecule has 6 heteroatoms. The highest BCUT2D eigenvalue weighted by molar-refractivity contribution is 6.39. The van der Waals surface area contributed by atoms with E-state index in [-0.39, 0.29) is 12.2 Å². The number of hydrogen-bond acceptors (Lipinski definition) is 2.